The fourth-order valence-electron chi connectivity index (χ4n) is 2.23. The van der Waals surface area contributed by atoms with Gasteiger partial charge >= 0.3 is 5.97 Å². The van der Waals surface area contributed by atoms with Gasteiger partial charge in [-0.1, -0.05) is 18.5 Å². The fraction of sp³-hybridized carbons (Fsp3) is 0.500. The van der Waals surface area contributed by atoms with Gasteiger partial charge in [-0.05, 0) is 30.7 Å². The Balaban J connectivity index is 2.61. The van der Waals surface area contributed by atoms with E-state index in [1.165, 1.54) is 14.0 Å². The Kier molecular flexibility index (Phi) is 9.51. The average Bonchev–Trinajstić information content (AvgIpc) is 2.62. The Hall–Kier alpha value is -2.28. The molecule has 0 spiro atoms. The van der Waals surface area contributed by atoms with Crippen molar-refractivity contribution in [3.05, 3.63) is 29.3 Å². The van der Waals surface area contributed by atoms with E-state index in [0.29, 0.717) is 30.3 Å². The maximum atomic E-state index is 12.5. The highest BCUT2D eigenvalue weighted by atomic mass is 35.5. The summed E-state index contributed by atoms with van der Waals surface area (Å²) in [6.07, 6.45) is 0.570. The van der Waals surface area contributed by atoms with E-state index in [2.05, 4.69) is 5.32 Å². The van der Waals surface area contributed by atoms with E-state index >= 15 is 0 Å². The van der Waals surface area contributed by atoms with Crippen LogP contribution in [-0.2, 0) is 19.1 Å². The molecule has 0 aliphatic rings. The van der Waals surface area contributed by atoms with Crippen LogP contribution in [0, 0.1) is 5.92 Å². The highest BCUT2D eigenvalue weighted by Crippen LogP contribution is 2.15. The van der Waals surface area contributed by atoms with E-state index in [1.54, 1.807) is 36.1 Å². The van der Waals surface area contributed by atoms with Crippen LogP contribution in [0.1, 0.15) is 20.3 Å². The zero-order valence-electron chi connectivity index (χ0n) is 15.3. The van der Waals surface area contributed by atoms with Gasteiger partial charge in [0.15, 0.2) is 6.61 Å². The first-order valence-corrected chi connectivity index (χ1v) is 8.69. The van der Waals surface area contributed by atoms with Gasteiger partial charge in [-0.3, -0.25) is 14.4 Å². The summed E-state index contributed by atoms with van der Waals surface area (Å²) in [5.74, 6) is -0.694. The van der Waals surface area contributed by atoms with E-state index in [-0.39, 0.29) is 30.9 Å². The number of rotatable bonds is 10. The van der Waals surface area contributed by atoms with E-state index < -0.39 is 5.92 Å². The molecular weight excluding hydrogens is 360 g/mol. The van der Waals surface area contributed by atoms with Crippen LogP contribution in [0.4, 0.5) is 0 Å². The molecule has 0 fully saturated rings. The molecule has 1 aromatic carbocycles. The molecule has 0 heterocycles. The number of carbonyl (C=O) groups is 3. The number of hydrogen-bond acceptors (Lipinski definition) is 5. The summed E-state index contributed by atoms with van der Waals surface area (Å²) in [6.45, 7) is 4.03. The van der Waals surface area contributed by atoms with Crippen LogP contribution in [0.15, 0.2) is 24.3 Å². The zero-order chi connectivity index (χ0) is 19.5. The summed E-state index contributed by atoms with van der Waals surface area (Å²) in [4.78, 5) is 36.6. The molecule has 0 radical (unpaired) electrons. The highest BCUT2D eigenvalue weighted by Gasteiger charge is 2.21. The van der Waals surface area contributed by atoms with Crippen LogP contribution in [0.3, 0.4) is 0 Å². The van der Waals surface area contributed by atoms with Crippen LogP contribution < -0.4 is 10.1 Å². The summed E-state index contributed by atoms with van der Waals surface area (Å²) in [6, 6.07) is 6.69. The van der Waals surface area contributed by atoms with Crippen molar-refractivity contribution in [2.24, 2.45) is 5.92 Å². The van der Waals surface area contributed by atoms with Crippen molar-refractivity contribution < 1.29 is 23.9 Å². The largest absolute Gasteiger partial charge is 0.484 e. The Bertz CT molecular complexity index is 606. The lowest BCUT2D eigenvalue weighted by Gasteiger charge is -2.25. The molecule has 8 heteroatoms. The van der Waals surface area contributed by atoms with Gasteiger partial charge in [-0.15, -0.1) is 0 Å². The Labute approximate surface area is 158 Å². The third kappa shape index (κ3) is 8.20. The number of halogens is 1. The summed E-state index contributed by atoms with van der Waals surface area (Å²) < 4.78 is 10.2. The van der Waals surface area contributed by atoms with Gasteiger partial charge in [0.1, 0.15) is 5.75 Å². The maximum absolute atomic E-state index is 12.5. The second-order valence-electron chi connectivity index (χ2n) is 5.84. The van der Waals surface area contributed by atoms with E-state index in [9.17, 15) is 14.4 Å². The SMILES string of the molecule is COC(=O)C(C)CN(CCCNC(C)=O)C(=O)COc1ccc(Cl)cc1. The molecule has 26 heavy (non-hydrogen) atoms. The predicted molar refractivity (Wildman–Crippen MR) is 98.0 cm³/mol. The van der Waals surface area contributed by atoms with Gasteiger partial charge < -0.3 is 19.7 Å². The van der Waals surface area contributed by atoms with Crippen molar-refractivity contribution >= 4 is 29.4 Å². The molecule has 1 atom stereocenters. The highest BCUT2D eigenvalue weighted by molar-refractivity contribution is 6.30. The average molecular weight is 385 g/mol. The Morgan fingerprint density at radius 3 is 2.46 bits per heavy atom. The lowest BCUT2D eigenvalue weighted by molar-refractivity contribution is -0.146. The lowest BCUT2D eigenvalue weighted by atomic mass is 10.1. The van der Waals surface area contributed by atoms with Gasteiger partial charge in [0.2, 0.25) is 5.91 Å². The number of ether oxygens (including phenoxy) is 2. The first-order valence-electron chi connectivity index (χ1n) is 8.32. The summed E-state index contributed by atoms with van der Waals surface area (Å²) in [5, 5.41) is 3.26. The molecule has 1 rings (SSSR count). The molecule has 0 bridgehead atoms. The number of nitrogens with one attached hydrogen (secondary N) is 1. The Morgan fingerprint density at radius 1 is 1.23 bits per heavy atom. The van der Waals surface area contributed by atoms with E-state index in [1.807, 2.05) is 0 Å². The number of esters is 1. The van der Waals surface area contributed by atoms with E-state index in [0.717, 1.165) is 0 Å². The topological polar surface area (TPSA) is 84.9 Å². The standard InChI is InChI=1S/C18H25ClN2O5/c1-13(18(24)25-3)11-21(10-4-9-20-14(2)22)17(23)12-26-16-7-5-15(19)6-8-16/h5-8,13H,4,9-12H2,1-3H3,(H,20,22). The summed E-state index contributed by atoms with van der Waals surface area (Å²) >= 11 is 5.81. The smallest absolute Gasteiger partial charge is 0.310 e. The number of amides is 2. The fourth-order valence-corrected chi connectivity index (χ4v) is 2.35. The number of methoxy groups -OCH3 is 1. The molecule has 0 saturated heterocycles. The minimum atomic E-state index is -0.458. The molecule has 1 N–H and O–H groups in total. The molecule has 1 unspecified atom stereocenters. The minimum absolute atomic E-state index is 0.128. The van der Waals surface area contributed by atoms with Crippen molar-refractivity contribution in [2.45, 2.75) is 20.3 Å². The van der Waals surface area contributed by atoms with Gasteiger partial charge in [0.25, 0.3) is 5.91 Å². The maximum Gasteiger partial charge on any atom is 0.310 e. The van der Waals surface area contributed by atoms with Crippen molar-refractivity contribution in [1.82, 2.24) is 10.2 Å². The molecule has 0 aliphatic heterocycles. The number of benzene rings is 1. The Morgan fingerprint density at radius 2 is 1.88 bits per heavy atom. The van der Waals surface area contributed by atoms with Crippen LogP contribution in [0.2, 0.25) is 5.02 Å². The number of carbonyl (C=O) groups excluding carboxylic acids is 3. The molecule has 144 valence electrons. The monoisotopic (exact) mass is 384 g/mol. The van der Waals surface area contributed by atoms with Crippen molar-refractivity contribution in [2.75, 3.05) is 33.4 Å². The molecule has 1 aromatic rings. The van der Waals surface area contributed by atoms with Crippen LogP contribution >= 0.6 is 11.6 Å². The first kappa shape index (κ1) is 21.8. The second-order valence-corrected chi connectivity index (χ2v) is 6.28. The van der Waals surface area contributed by atoms with Crippen molar-refractivity contribution in [3.8, 4) is 5.75 Å². The molecular formula is C18H25ClN2O5. The van der Waals surface area contributed by atoms with E-state index in [4.69, 9.17) is 21.1 Å². The summed E-state index contributed by atoms with van der Waals surface area (Å²) in [5.41, 5.74) is 0. The third-order valence-corrected chi connectivity index (χ3v) is 3.86. The van der Waals surface area contributed by atoms with Gasteiger partial charge in [-0.2, -0.15) is 0 Å². The third-order valence-electron chi connectivity index (χ3n) is 3.61. The molecule has 0 aliphatic carbocycles. The molecule has 7 nitrogen and oxygen atoms in total. The summed E-state index contributed by atoms with van der Waals surface area (Å²) in [7, 11) is 1.31. The van der Waals surface area contributed by atoms with Crippen LogP contribution in [0.25, 0.3) is 0 Å². The molecule has 2 amide bonds. The minimum Gasteiger partial charge on any atom is -0.484 e. The first-order chi connectivity index (χ1) is 12.3. The number of hydrogen-bond donors (Lipinski definition) is 1. The quantitative estimate of drug-likeness (QED) is 0.492. The van der Waals surface area contributed by atoms with Gasteiger partial charge in [-0.25, -0.2) is 0 Å². The van der Waals surface area contributed by atoms with Gasteiger partial charge in [0, 0.05) is 31.6 Å². The number of nitrogens with zero attached hydrogens (tertiary/aromatic N) is 1. The van der Waals surface area contributed by atoms with Gasteiger partial charge in [0.05, 0.1) is 13.0 Å². The van der Waals surface area contributed by atoms with Crippen LogP contribution in [-0.4, -0.2) is 56.0 Å². The zero-order valence-corrected chi connectivity index (χ0v) is 16.0. The van der Waals surface area contributed by atoms with Crippen molar-refractivity contribution in [1.29, 1.82) is 0 Å². The van der Waals surface area contributed by atoms with Crippen molar-refractivity contribution in [3.63, 3.8) is 0 Å². The normalized spacial score (nSPS) is 11.4. The molecule has 0 aromatic heterocycles. The molecule has 0 saturated carbocycles. The van der Waals surface area contributed by atoms with Crippen LogP contribution in [0.5, 0.6) is 5.75 Å². The predicted octanol–water partition coefficient (Wildman–Crippen LogP) is 1.88. The second kappa shape index (κ2) is 11.4. The lowest BCUT2D eigenvalue weighted by Crippen LogP contribution is -2.41.